The summed E-state index contributed by atoms with van der Waals surface area (Å²) in [5.74, 6) is -0.442. The van der Waals surface area contributed by atoms with Gasteiger partial charge in [0.05, 0.1) is 17.7 Å². The van der Waals surface area contributed by atoms with Crippen molar-refractivity contribution in [2.24, 2.45) is 5.92 Å². The molecule has 26 heavy (non-hydrogen) atoms. The van der Waals surface area contributed by atoms with Gasteiger partial charge in [0.15, 0.2) is 0 Å². The fourth-order valence-corrected chi connectivity index (χ4v) is 3.54. The van der Waals surface area contributed by atoms with E-state index in [-0.39, 0.29) is 6.10 Å². The molecule has 0 aliphatic heterocycles. The third kappa shape index (κ3) is 6.15. The topological polar surface area (TPSA) is 52.6 Å². The molecule has 0 N–H and O–H groups in total. The van der Waals surface area contributed by atoms with Crippen molar-refractivity contribution in [2.75, 3.05) is 6.61 Å². The van der Waals surface area contributed by atoms with Crippen molar-refractivity contribution < 1.29 is 19.1 Å². The predicted octanol–water partition coefficient (Wildman–Crippen LogP) is 5.55. The van der Waals surface area contributed by atoms with E-state index in [4.69, 9.17) is 9.47 Å². The molecule has 0 saturated heterocycles. The van der Waals surface area contributed by atoms with Gasteiger partial charge >= 0.3 is 11.9 Å². The maximum absolute atomic E-state index is 12.6. The number of ether oxygens (including phenoxy) is 2. The third-order valence-electron chi connectivity index (χ3n) is 5.20. The first-order chi connectivity index (χ1) is 12.6. The van der Waals surface area contributed by atoms with Gasteiger partial charge in [-0.15, -0.1) is 0 Å². The molecule has 1 aliphatic rings. The van der Waals surface area contributed by atoms with Gasteiger partial charge in [0.1, 0.15) is 6.10 Å². The SMILES string of the molecule is CCCCCCCOC(=O)c1ccccc1C(=O)OC(C)C1CCCC1. The Kier molecular flexibility index (Phi) is 8.66. The summed E-state index contributed by atoms with van der Waals surface area (Å²) in [4.78, 5) is 24.9. The Morgan fingerprint density at radius 3 is 2.27 bits per heavy atom. The Balaban J connectivity index is 1.89. The summed E-state index contributed by atoms with van der Waals surface area (Å²) in [6.07, 6.45) is 9.98. The number of hydrogen-bond donors (Lipinski definition) is 0. The number of rotatable bonds is 10. The van der Waals surface area contributed by atoms with Crippen molar-refractivity contribution in [2.45, 2.75) is 77.7 Å². The zero-order valence-corrected chi connectivity index (χ0v) is 16.2. The molecule has 0 spiro atoms. The molecule has 1 atom stereocenters. The summed E-state index contributed by atoms with van der Waals surface area (Å²) in [6, 6.07) is 6.77. The van der Waals surface area contributed by atoms with Crippen molar-refractivity contribution in [1.82, 2.24) is 0 Å². The second-order valence-corrected chi connectivity index (χ2v) is 7.25. The van der Waals surface area contributed by atoms with E-state index in [0.29, 0.717) is 23.7 Å². The molecule has 1 saturated carbocycles. The zero-order chi connectivity index (χ0) is 18.8. The molecule has 1 unspecified atom stereocenters. The Labute approximate surface area is 157 Å². The van der Waals surface area contributed by atoms with Crippen molar-refractivity contribution in [3.05, 3.63) is 35.4 Å². The monoisotopic (exact) mass is 360 g/mol. The van der Waals surface area contributed by atoms with E-state index in [2.05, 4.69) is 6.92 Å². The molecule has 144 valence electrons. The molecule has 4 nitrogen and oxygen atoms in total. The molecule has 2 rings (SSSR count). The second-order valence-electron chi connectivity index (χ2n) is 7.25. The molecular formula is C22H32O4. The lowest BCUT2D eigenvalue weighted by Gasteiger charge is -2.20. The highest BCUT2D eigenvalue weighted by atomic mass is 16.5. The summed E-state index contributed by atoms with van der Waals surface area (Å²) in [5.41, 5.74) is 0.595. The van der Waals surface area contributed by atoms with Gasteiger partial charge in [-0.05, 0) is 44.2 Å². The van der Waals surface area contributed by atoms with Crippen LogP contribution in [0.15, 0.2) is 24.3 Å². The third-order valence-corrected chi connectivity index (χ3v) is 5.20. The fourth-order valence-electron chi connectivity index (χ4n) is 3.54. The summed E-state index contributed by atoms with van der Waals surface area (Å²) < 4.78 is 11.0. The van der Waals surface area contributed by atoms with Gasteiger partial charge in [-0.25, -0.2) is 9.59 Å². The lowest BCUT2D eigenvalue weighted by molar-refractivity contribution is 0.0196. The smallest absolute Gasteiger partial charge is 0.339 e. The summed E-state index contributed by atoms with van der Waals surface area (Å²) in [5, 5.41) is 0. The number of unbranched alkanes of at least 4 members (excludes halogenated alkanes) is 4. The number of benzene rings is 1. The quantitative estimate of drug-likeness (QED) is 0.405. The molecule has 0 amide bonds. The van der Waals surface area contributed by atoms with Crippen LogP contribution >= 0.6 is 0 Å². The maximum Gasteiger partial charge on any atom is 0.339 e. The van der Waals surface area contributed by atoms with Crippen molar-refractivity contribution in [1.29, 1.82) is 0 Å². The van der Waals surface area contributed by atoms with Gasteiger partial charge in [0, 0.05) is 0 Å². The Morgan fingerprint density at radius 1 is 1.00 bits per heavy atom. The van der Waals surface area contributed by atoms with Crippen LogP contribution in [0.4, 0.5) is 0 Å². The number of carbonyl (C=O) groups is 2. The molecule has 4 heteroatoms. The van der Waals surface area contributed by atoms with Crippen LogP contribution in [0, 0.1) is 5.92 Å². The first kappa shape index (κ1) is 20.5. The molecule has 0 heterocycles. The van der Waals surface area contributed by atoms with Gasteiger partial charge < -0.3 is 9.47 Å². The minimum Gasteiger partial charge on any atom is -0.462 e. The van der Waals surface area contributed by atoms with Crippen molar-refractivity contribution in [3.63, 3.8) is 0 Å². The highest BCUT2D eigenvalue weighted by molar-refractivity contribution is 6.03. The average molecular weight is 360 g/mol. The van der Waals surface area contributed by atoms with Crippen molar-refractivity contribution in [3.8, 4) is 0 Å². The highest BCUT2D eigenvalue weighted by Crippen LogP contribution is 2.29. The Morgan fingerprint density at radius 2 is 1.62 bits per heavy atom. The van der Waals surface area contributed by atoms with Crippen LogP contribution < -0.4 is 0 Å². The second kappa shape index (κ2) is 11.0. The highest BCUT2D eigenvalue weighted by Gasteiger charge is 2.26. The van der Waals surface area contributed by atoms with Gasteiger partial charge in [-0.1, -0.05) is 57.6 Å². The van der Waals surface area contributed by atoms with E-state index in [9.17, 15) is 9.59 Å². The van der Waals surface area contributed by atoms with Crippen molar-refractivity contribution >= 4 is 11.9 Å². The van der Waals surface area contributed by atoms with Crippen LogP contribution in [0.25, 0.3) is 0 Å². The van der Waals surface area contributed by atoms with Crippen LogP contribution in [0.3, 0.4) is 0 Å². The number of hydrogen-bond acceptors (Lipinski definition) is 4. The molecule has 1 fully saturated rings. The molecule has 0 radical (unpaired) electrons. The molecule has 1 aromatic rings. The van der Waals surface area contributed by atoms with Crippen LogP contribution in [0.2, 0.25) is 0 Å². The van der Waals surface area contributed by atoms with E-state index < -0.39 is 11.9 Å². The van der Waals surface area contributed by atoms with E-state index in [1.807, 2.05) is 6.92 Å². The lowest BCUT2D eigenvalue weighted by atomic mass is 10.0. The van der Waals surface area contributed by atoms with E-state index in [1.165, 1.54) is 25.7 Å². The normalized spacial score (nSPS) is 15.6. The Hall–Kier alpha value is -1.84. The minimum absolute atomic E-state index is 0.118. The minimum atomic E-state index is -0.443. The van der Waals surface area contributed by atoms with E-state index in [0.717, 1.165) is 32.1 Å². The average Bonchev–Trinajstić information content (AvgIpc) is 3.19. The largest absolute Gasteiger partial charge is 0.462 e. The number of esters is 2. The van der Waals surface area contributed by atoms with Gasteiger partial charge in [0.2, 0.25) is 0 Å². The maximum atomic E-state index is 12.6. The Bertz CT molecular complexity index is 575. The van der Waals surface area contributed by atoms with Gasteiger partial charge in [-0.2, -0.15) is 0 Å². The first-order valence-corrected chi connectivity index (χ1v) is 10.1. The van der Waals surface area contributed by atoms with Gasteiger partial charge in [0.25, 0.3) is 0 Å². The molecule has 1 aliphatic carbocycles. The predicted molar refractivity (Wildman–Crippen MR) is 102 cm³/mol. The molecule has 1 aromatic carbocycles. The van der Waals surface area contributed by atoms with E-state index >= 15 is 0 Å². The van der Waals surface area contributed by atoms with Crippen LogP contribution in [0.5, 0.6) is 0 Å². The molecule has 0 aromatic heterocycles. The summed E-state index contributed by atoms with van der Waals surface area (Å²) in [7, 11) is 0. The van der Waals surface area contributed by atoms with Crippen LogP contribution in [-0.2, 0) is 9.47 Å². The van der Waals surface area contributed by atoms with Gasteiger partial charge in [-0.3, -0.25) is 0 Å². The van der Waals surface area contributed by atoms with E-state index in [1.54, 1.807) is 24.3 Å². The zero-order valence-electron chi connectivity index (χ0n) is 16.2. The first-order valence-electron chi connectivity index (χ1n) is 10.1. The fraction of sp³-hybridized carbons (Fsp3) is 0.636. The van der Waals surface area contributed by atoms with Crippen LogP contribution in [-0.4, -0.2) is 24.6 Å². The number of carbonyl (C=O) groups excluding carboxylic acids is 2. The summed E-state index contributed by atoms with van der Waals surface area (Å²) in [6.45, 7) is 4.51. The molecule has 0 bridgehead atoms. The van der Waals surface area contributed by atoms with Crippen LogP contribution in [0.1, 0.15) is 92.4 Å². The molecular weight excluding hydrogens is 328 g/mol. The standard InChI is InChI=1S/C22H32O4/c1-3-4-5-6-11-16-25-21(23)19-14-9-10-15-20(19)22(24)26-17(2)18-12-7-8-13-18/h9-10,14-15,17-18H,3-8,11-13,16H2,1-2H3. The summed E-state index contributed by atoms with van der Waals surface area (Å²) >= 11 is 0. The lowest BCUT2D eigenvalue weighted by Crippen LogP contribution is -2.23.